The quantitative estimate of drug-likeness (QED) is 0.754. The number of rotatable bonds is 2. The van der Waals surface area contributed by atoms with Crippen molar-refractivity contribution in [1.82, 2.24) is 20.0 Å². The van der Waals surface area contributed by atoms with E-state index < -0.39 is 5.97 Å². The van der Waals surface area contributed by atoms with Crippen molar-refractivity contribution in [2.75, 3.05) is 0 Å². The first-order valence-corrected chi connectivity index (χ1v) is 5.68. The van der Waals surface area contributed by atoms with Gasteiger partial charge in [0.2, 0.25) is 0 Å². The maximum atomic E-state index is 11.1. The molecule has 3 rings (SSSR count). The molecule has 0 aliphatic carbocycles. The van der Waals surface area contributed by atoms with Crippen LogP contribution in [0.15, 0.2) is 36.4 Å². The Morgan fingerprint density at radius 1 is 1.26 bits per heavy atom. The number of carbonyl (C=O) groups is 1. The molecule has 0 saturated heterocycles. The standard InChI is InChI=1S/C13H10N4O2/c1-8-6-9(13(18)19)7-12(14-8)17-11-5-3-2-4-10(11)15-16-17/h2-7H,1H3,(H,18,19). The fraction of sp³-hybridized carbons (Fsp3) is 0.0769. The van der Waals surface area contributed by atoms with Crippen LogP contribution in [0.5, 0.6) is 0 Å². The summed E-state index contributed by atoms with van der Waals surface area (Å²) < 4.78 is 1.54. The van der Waals surface area contributed by atoms with Crippen molar-refractivity contribution in [1.29, 1.82) is 0 Å². The van der Waals surface area contributed by atoms with Gasteiger partial charge in [0, 0.05) is 5.69 Å². The number of para-hydroxylation sites is 1. The lowest BCUT2D eigenvalue weighted by molar-refractivity contribution is 0.0696. The highest BCUT2D eigenvalue weighted by Gasteiger charge is 2.11. The second-order valence-electron chi connectivity index (χ2n) is 4.15. The SMILES string of the molecule is Cc1cc(C(=O)O)cc(-n2nnc3ccccc32)n1. The first-order chi connectivity index (χ1) is 9.15. The predicted molar refractivity (Wildman–Crippen MR) is 68.4 cm³/mol. The summed E-state index contributed by atoms with van der Waals surface area (Å²) in [5.41, 5.74) is 2.33. The van der Waals surface area contributed by atoms with Gasteiger partial charge in [-0.1, -0.05) is 17.3 Å². The number of fused-ring (bicyclic) bond motifs is 1. The third kappa shape index (κ3) is 1.93. The lowest BCUT2D eigenvalue weighted by atomic mass is 10.2. The molecule has 6 nitrogen and oxygen atoms in total. The van der Waals surface area contributed by atoms with Gasteiger partial charge >= 0.3 is 5.97 Å². The van der Waals surface area contributed by atoms with Crippen molar-refractivity contribution in [2.24, 2.45) is 0 Å². The zero-order chi connectivity index (χ0) is 13.4. The molecule has 2 aromatic heterocycles. The Morgan fingerprint density at radius 2 is 2.05 bits per heavy atom. The number of nitrogens with zero attached hydrogens (tertiary/aromatic N) is 4. The topological polar surface area (TPSA) is 80.9 Å². The molecular weight excluding hydrogens is 244 g/mol. The Hall–Kier alpha value is -2.76. The van der Waals surface area contributed by atoms with Crippen LogP contribution < -0.4 is 0 Å². The van der Waals surface area contributed by atoms with Gasteiger partial charge in [0.05, 0.1) is 11.1 Å². The molecule has 0 atom stereocenters. The maximum Gasteiger partial charge on any atom is 0.335 e. The molecule has 0 bridgehead atoms. The summed E-state index contributed by atoms with van der Waals surface area (Å²) in [6.07, 6.45) is 0. The Balaban J connectivity index is 2.24. The highest BCUT2D eigenvalue weighted by Crippen LogP contribution is 2.16. The summed E-state index contributed by atoms with van der Waals surface area (Å²) >= 11 is 0. The highest BCUT2D eigenvalue weighted by molar-refractivity contribution is 5.88. The van der Waals surface area contributed by atoms with E-state index >= 15 is 0 Å². The van der Waals surface area contributed by atoms with Crippen LogP contribution in [0.25, 0.3) is 16.9 Å². The van der Waals surface area contributed by atoms with Crippen molar-refractivity contribution in [3.8, 4) is 5.82 Å². The molecule has 0 saturated carbocycles. The summed E-state index contributed by atoms with van der Waals surface area (Å²) in [6.45, 7) is 1.75. The third-order valence-corrected chi connectivity index (χ3v) is 2.76. The van der Waals surface area contributed by atoms with E-state index in [9.17, 15) is 4.79 Å². The highest BCUT2D eigenvalue weighted by atomic mass is 16.4. The second-order valence-corrected chi connectivity index (χ2v) is 4.15. The second kappa shape index (κ2) is 4.16. The number of hydrogen-bond donors (Lipinski definition) is 1. The minimum Gasteiger partial charge on any atom is -0.478 e. The van der Waals surface area contributed by atoms with Gasteiger partial charge in [-0.05, 0) is 31.2 Å². The summed E-state index contributed by atoms with van der Waals surface area (Å²) in [4.78, 5) is 15.4. The molecule has 94 valence electrons. The van der Waals surface area contributed by atoms with Crippen LogP contribution >= 0.6 is 0 Å². The van der Waals surface area contributed by atoms with Crippen LogP contribution in [0.4, 0.5) is 0 Å². The molecule has 1 aromatic carbocycles. The Bertz CT molecular complexity index is 779. The lowest BCUT2D eigenvalue weighted by Crippen LogP contribution is -2.05. The van der Waals surface area contributed by atoms with Gasteiger partial charge in [0.15, 0.2) is 5.82 Å². The molecule has 3 aromatic rings. The molecule has 0 radical (unpaired) electrons. The van der Waals surface area contributed by atoms with Crippen molar-refractivity contribution in [3.63, 3.8) is 0 Å². The maximum absolute atomic E-state index is 11.1. The van der Waals surface area contributed by atoms with Crippen LogP contribution in [0.2, 0.25) is 0 Å². The summed E-state index contributed by atoms with van der Waals surface area (Å²) in [7, 11) is 0. The minimum absolute atomic E-state index is 0.182. The van der Waals surface area contributed by atoms with Crippen LogP contribution in [0.1, 0.15) is 16.1 Å². The molecule has 0 aliphatic heterocycles. The van der Waals surface area contributed by atoms with E-state index in [1.54, 1.807) is 6.92 Å². The van der Waals surface area contributed by atoms with Gasteiger partial charge in [-0.3, -0.25) is 0 Å². The molecule has 1 N–H and O–H groups in total. The smallest absolute Gasteiger partial charge is 0.335 e. The molecule has 0 fully saturated rings. The van der Waals surface area contributed by atoms with Crippen LogP contribution in [0.3, 0.4) is 0 Å². The number of carboxylic acid groups (broad SMARTS) is 1. The number of aryl methyl sites for hydroxylation is 1. The normalized spacial score (nSPS) is 10.8. The van der Waals surface area contributed by atoms with Crippen molar-refractivity contribution in [3.05, 3.63) is 47.7 Å². The van der Waals surface area contributed by atoms with Gasteiger partial charge in [0.1, 0.15) is 5.52 Å². The lowest BCUT2D eigenvalue weighted by Gasteiger charge is -2.04. The number of aromatic carboxylic acids is 1. The van der Waals surface area contributed by atoms with Gasteiger partial charge in [-0.15, -0.1) is 5.10 Å². The minimum atomic E-state index is -0.990. The van der Waals surface area contributed by atoms with Crippen molar-refractivity contribution < 1.29 is 9.90 Å². The first kappa shape index (κ1) is 11.3. The van der Waals surface area contributed by atoms with Crippen LogP contribution in [-0.2, 0) is 0 Å². The van der Waals surface area contributed by atoms with E-state index in [1.807, 2.05) is 24.3 Å². The van der Waals surface area contributed by atoms with Crippen molar-refractivity contribution in [2.45, 2.75) is 6.92 Å². The van der Waals surface area contributed by atoms with Gasteiger partial charge in [0.25, 0.3) is 0 Å². The average Bonchev–Trinajstić information content (AvgIpc) is 2.81. The van der Waals surface area contributed by atoms with E-state index in [0.29, 0.717) is 11.5 Å². The number of aromatic nitrogens is 4. The zero-order valence-electron chi connectivity index (χ0n) is 10.1. The van der Waals surface area contributed by atoms with E-state index in [-0.39, 0.29) is 5.56 Å². The molecule has 0 amide bonds. The summed E-state index contributed by atoms with van der Waals surface area (Å²) in [5, 5.41) is 17.1. The number of hydrogen-bond acceptors (Lipinski definition) is 4. The van der Waals surface area contributed by atoms with Crippen molar-refractivity contribution >= 4 is 17.0 Å². The predicted octanol–water partition coefficient (Wildman–Crippen LogP) is 1.82. The fourth-order valence-electron chi connectivity index (χ4n) is 1.92. The molecule has 19 heavy (non-hydrogen) atoms. The van der Waals surface area contributed by atoms with E-state index in [4.69, 9.17) is 5.11 Å². The Kier molecular flexibility index (Phi) is 2.49. The average molecular weight is 254 g/mol. The number of pyridine rings is 1. The van der Waals surface area contributed by atoms with E-state index in [2.05, 4.69) is 15.3 Å². The number of benzene rings is 1. The molecule has 2 heterocycles. The Morgan fingerprint density at radius 3 is 2.84 bits per heavy atom. The van der Waals surface area contributed by atoms with E-state index in [1.165, 1.54) is 16.8 Å². The van der Waals surface area contributed by atoms with Crippen LogP contribution in [-0.4, -0.2) is 31.1 Å². The van der Waals surface area contributed by atoms with Gasteiger partial charge < -0.3 is 5.11 Å². The van der Waals surface area contributed by atoms with Gasteiger partial charge in [-0.2, -0.15) is 4.68 Å². The molecule has 0 aliphatic rings. The molecular formula is C13H10N4O2. The summed E-state index contributed by atoms with van der Waals surface area (Å²) in [6, 6.07) is 10.4. The monoisotopic (exact) mass is 254 g/mol. The van der Waals surface area contributed by atoms with Crippen LogP contribution in [0, 0.1) is 6.92 Å². The fourth-order valence-corrected chi connectivity index (χ4v) is 1.92. The Labute approximate surface area is 108 Å². The van der Waals surface area contributed by atoms with Gasteiger partial charge in [-0.25, -0.2) is 9.78 Å². The summed E-state index contributed by atoms with van der Waals surface area (Å²) in [5.74, 6) is -0.540. The first-order valence-electron chi connectivity index (χ1n) is 5.68. The zero-order valence-corrected chi connectivity index (χ0v) is 10.1. The van der Waals surface area contributed by atoms with E-state index in [0.717, 1.165) is 11.0 Å². The molecule has 0 spiro atoms. The third-order valence-electron chi connectivity index (χ3n) is 2.76. The number of carboxylic acids is 1. The largest absolute Gasteiger partial charge is 0.478 e. The molecule has 6 heteroatoms. The molecule has 0 unspecified atom stereocenters.